The molecule has 0 heterocycles. The molecular weight excluding hydrogens is 212 g/mol. The van der Waals surface area contributed by atoms with E-state index >= 15 is 0 Å². The van der Waals surface area contributed by atoms with Gasteiger partial charge in [0, 0.05) is 5.57 Å². The first-order valence-electron chi connectivity index (χ1n) is 4.85. The third-order valence-electron chi connectivity index (χ3n) is 2.90. The monoisotopic (exact) mass is 230 g/mol. The summed E-state index contributed by atoms with van der Waals surface area (Å²) in [7, 11) is -0.373. The summed E-state index contributed by atoms with van der Waals surface area (Å²) in [6.45, 7) is 9.14. The number of carbonyl (C=O) groups is 2. The highest BCUT2D eigenvalue weighted by Gasteiger charge is 2.46. The fraction of sp³-hybridized carbons (Fsp3) is 0.600. The Morgan fingerprint density at radius 3 is 2.13 bits per heavy atom. The van der Waals surface area contributed by atoms with Crippen molar-refractivity contribution in [1.29, 1.82) is 0 Å². The van der Waals surface area contributed by atoms with Gasteiger partial charge in [0.05, 0.1) is 20.9 Å². The minimum atomic E-state index is -1.61. The minimum Gasteiger partial charge on any atom is -0.481 e. The molecule has 0 aliphatic carbocycles. The Balaban J connectivity index is 5.36. The van der Waals surface area contributed by atoms with E-state index in [0.717, 1.165) is 0 Å². The molecule has 0 spiro atoms. The highest BCUT2D eigenvalue weighted by molar-refractivity contribution is 6.65. The van der Waals surface area contributed by atoms with Crippen LogP contribution in [0.15, 0.2) is 12.2 Å². The third kappa shape index (κ3) is 2.28. The second-order valence-electron chi connectivity index (χ2n) is 3.75. The van der Waals surface area contributed by atoms with Crippen molar-refractivity contribution in [2.45, 2.75) is 31.5 Å². The Morgan fingerprint density at radius 1 is 1.47 bits per heavy atom. The van der Waals surface area contributed by atoms with Gasteiger partial charge in [0.1, 0.15) is 0 Å². The molecule has 4 nitrogen and oxygen atoms in total. The summed E-state index contributed by atoms with van der Waals surface area (Å²) < 4.78 is 4.54. The van der Waals surface area contributed by atoms with Gasteiger partial charge in [-0.25, -0.2) is 4.79 Å². The highest BCUT2D eigenvalue weighted by atomic mass is 28.3. The van der Waals surface area contributed by atoms with Crippen molar-refractivity contribution in [2.75, 3.05) is 7.11 Å². The number of esters is 1. The molecule has 5 heteroatoms. The zero-order valence-electron chi connectivity index (χ0n) is 9.66. The van der Waals surface area contributed by atoms with E-state index in [1.54, 1.807) is 6.92 Å². The Bertz CT molecular complexity index is 285. The molecule has 0 radical (unpaired) electrons. The van der Waals surface area contributed by atoms with Crippen molar-refractivity contribution in [2.24, 2.45) is 0 Å². The summed E-state index contributed by atoms with van der Waals surface area (Å²) in [5.74, 6) is -1.59. The summed E-state index contributed by atoms with van der Waals surface area (Å²) >= 11 is 0. The lowest BCUT2D eigenvalue weighted by Gasteiger charge is -2.32. The third-order valence-corrected chi connectivity index (χ3v) is 5.87. The smallest absolute Gasteiger partial charge is 0.333 e. The molecule has 0 bridgehead atoms. The van der Waals surface area contributed by atoms with Crippen LogP contribution in [0.4, 0.5) is 0 Å². The Hall–Kier alpha value is -1.10. The lowest BCUT2D eigenvalue weighted by molar-refractivity contribution is -0.144. The van der Waals surface area contributed by atoms with Crippen LogP contribution in [0.25, 0.3) is 0 Å². The van der Waals surface area contributed by atoms with Crippen molar-refractivity contribution >= 4 is 20.7 Å². The van der Waals surface area contributed by atoms with Gasteiger partial charge in [-0.2, -0.15) is 0 Å². The maximum absolute atomic E-state index is 11.4. The van der Waals surface area contributed by atoms with Crippen molar-refractivity contribution < 1.29 is 19.4 Å². The number of carboxylic acids is 1. The van der Waals surface area contributed by atoms with E-state index in [2.05, 4.69) is 11.3 Å². The van der Waals surface area contributed by atoms with Gasteiger partial charge in [0.15, 0.2) is 0 Å². The first kappa shape index (κ1) is 13.9. The summed E-state index contributed by atoms with van der Waals surface area (Å²) in [6, 6.07) is 0. The Labute approximate surface area is 91.5 Å². The summed E-state index contributed by atoms with van der Waals surface area (Å²) in [5.41, 5.74) is 0.0710. The molecule has 0 aliphatic rings. The molecule has 1 N–H and O–H groups in total. The van der Waals surface area contributed by atoms with Gasteiger partial charge in [0.25, 0.3) is 0 Å². The SMILES string of the molecule is C=C(C(=O)OC)C(CC)(C(=O)O)[SiH](C)C. The number of aliphatic carboxylic acids is 1. The van der Waals surface area contributed by atoms with Crippen LogP contribution < -0.4 is 0 Å². The Morgan fingerprint density at radius 2 is 1.93 bits per heavy atom. The molecule has 0 saturated heterocycles. The first-order valence-corrected chi connectivity index (χ1v) is 7.74. The topological polar surface area (TPSA) is 63.6 Å². The number of carbonyl (C=O) groups excluding carboxylic acids is 1. The second kappa shape index (κ2) is 5.11. The van der Waals surface area contributed by atoms with Crippen LogP contribution in [0.3, 0.4) is 0 Å². The molecule has 0 aromatic carbocycles. The molecule has 0 rings (SSSR count). The first-order chi connectivity index (χ1) is 6.84. The van der Waals surface area contributed by atoms with Gasteiger partial charge < -0.3 is 9.84 Å². The average molecular weight is 230 g/mol. The lowest BCUT2D eigenvalue weighted by Crippen LogP contribution is -2.39. The zero-order valence-corrected chi connectivity index (χ0v) is 10.8. The number of hydrogen-bond acceptors (Lipinski definition) is 3. The van der Waals surface area contributed by atoms with Crippen LogP contribution in [0, 0.1) is 0 Å². The number of rotatable bonds is 5. The molecule has 0 aromatic rings. The van der Waals surface area contributed by atoms with E-state index < -0.39 is 25.8 Å². The maximum Gasteiger partial charge on any atom is 0.333 e. The van der Waals surface area contributed by atoms with Crippen LogP contribution in [0.5, 0.6) is 0 Å². The zero-order chi connectivity index (χ0) is 12.2. The van der Waals surface area contributed by atoms with Crippen LogP contribution in [-0.2, 0) is 14.3 Å². The summed E-state index contributed by atoms with van der Waals surface area (Å²) in [5, 5.41) is 8.18. The second-order valence-corrected chi connectivity index (χ2v) is 7.05. The number of ether oxygens (including phenoxy) is 1. The molecule has 1 atom stereocenters. The highest BCUT2D eigenvalue weighted by Crippen LogP contribution is 2.42. The van der Waals surface area contributed by atoms with Crippen LogP contribution in [-0.4, -0.2) is 33.0 Å². The average Bonchev–Trinajstić information content (AvgIpc) is 2.17. The van der Waals surface area contributed by atoms with Crippen LogP contribution in [0.2, 0.25) is 18.1 Å². The standard InChI is InChI=1S/C10H18O4Si/c1-6-10(9(12)13,15(4)5)7(2)8(11)14-3/h15H,2,6H2,1,3-5H3,(H,12,13). The predicted molar refractivity (Wildman–Crippen MR) is 60.7 cm³/mol. The van der Waals surface area contributed by atoms with Gasteiger partial charge in [0.2, 0.25) is 0 Å². The van der Waals surface area contributed by atoms with Gasteiger partial charge >= 0.3 is 11.9 Å². The van der Waals surface area contributed by atoms with Crippen molar-refractivity contribution in [3.63, 3.8) is 0 Å². The van der Waals surface area contributed by atoms with E-state index in [-0.39, 0.29) is 5.57 Å². The molecule has 86 valence electrons. The van der Waals surface area contributed by atoms with Gasteiger partial charge in [-0.3, -0.25) is 4.79 Å². The predicted octanol–water partition coefficient (Wildman–Crippen LogP) is 1.44. The fourth-order valence-electron chi connectivity index (χ4n) is 1.80. The molecule has 0 saturated carbocycles. The largest absolute Gasteiger partial charge is 0.481 e. The van der Waals surface area contributed by atoms with E-state index in [9.17, 15) is 14.7 Å². The molecule has 0 amide bonds. The Kier molecular flexibility index (Phi) is 4.74. The molecule has 1 unspecified atom stereocenters. The minimum absolute atomic E-state index is 0.0710. The van der Waals surface area contributed by atoms with Crippen LogP contribution in [0.1, 0.15) is 13.3 Å². The number of hydrogen-bond donors (Lipinski definition) is 1. The molecule has 0 fully saturated rings. The molecule has 0 aliphatic heterocycles. The van der Waals surface area contributed by atoms with E-state index in [1.807, 2.05) is 13.1 Å². The molecule has 15 heavy (non-hydrogen) atoms. The van der Waals surface area contributed by atoms with E-state index in [0.29, 0.717) is 6.42 Å². The van der Waals surface area contributed by atoms with Gasteiger partial charge in [-0.15, -0.1) is 0 Å². The number of methoxy groups -OCH3 is 1. The normalized spacial score (nSPS) is 14.5. The van der Waals surface area contributed by atoms with Crippen molar-refractivity contribution in [3.8, 4) is 0 Å². The fourth-order valence-corrected chi connectivity index (χ4v) is 3.93. The maximum atomic E-state index is 11.4. The molecule has 0 aromatic heterocycles. The quantitative estimate of drug-likeness (QED) is 0.441. The summed E-state index contributed by atoms with van der Waals surface area (Å²) in [6.07, 6.45) is 0.375. The van der Waals surface area contributed by atoms with Crippen molar-refractivity contribution in [1.82, 2.24) is 0 Å². The van der Waals surface area contributed by atoms with Gasteiger partial charge in [-0.1, -0.05) is 26.6 Å². The lowest BCUT2D eigenvalue weighted by atomic mass is 9.96. The van der Waals surface area contributed by atoms with Gasteiger partial charge in [-0.05, 0) is 6.42 Å². The van der Waals surface area contributed by atoms with Crippen molar-refractivity contribution in [3.05, 3.63) is 12.2 Å². The number of carboxylic acid groups (broad SMARTS) is 1. The van der Waals surface area contributed by atoms with E-state index in [1.165, 1.54) is 7.11 Å². The summed E-state index contributed by atoms with van der Waals surface area (Å²) in [4.78, 5) is 22.7. The van der Waals surface area contributed by atoms with E-state index in [4.69, 9.17) is 0 Å². The van der Waals surface area contributed by atoms with Crippen LogP contribution >= 0.6 is 0 Å². The molecular formula is C10H18O4Si.